The predicted molar refractivity (Wildman–Crippen MR) is 95.1 cm³/mol. The van der Waals surface area contributed by atoms with E-state index in [1.54, 1.807) is 0 Å². The lowest BCUT2D eigenvalue weighted by atomic mass is 9.90. The van der Waals surface area contributed by atoms with E-state index in [0.29, 0.717) is 0 Å². The fourth-order valence-electron chi connectivity index (χ4n) is 2.72. The molecule has 0 atom stereocenters. The average Bonchev–Trinajstić information content (AvgIpc) is 2.61. The van der Waals surface area contributed by atoms with E-state index in [1.807, 2.05) is 0 Å². The number of hydrogen-bond acceptors (Lipinski definition) is 7. The van der Waals surface area contributed by atoms with Crippen LogP contribution in [0.3, 0.4) is 0 Å². The summed E-state index contributed by atoms with van der Waals surface area (Å²) in [6, 6.07) is 9.22. The molecule has 0 saturated carbocycles. The van der Waals surface area contributed by atoms with Crippen LogP contribution in [0.4, 0.5) is 0 Å². The Labute approximate surface area is 154 Å². The molecule has 27 heavy (non-hydrogen) atoms. The zero-order chi connectivity index (χ0) is 19.8. The maximum Gasteiger partial charge on any atom is 0.220 e. The van der Waals surface area contributed by atoms with Gasteiger partial charge in [0.2, 0.25) is 5.78 Å². The third-order valence-corrected chi connectivity index (χ3v) is 4.83. The highest BCUT2D eigenvalue weighted by atomic mass is 32.2. The van der Waals surface area contributed by atoms with Crippen molar-refractivity contribution < 1.29 is 33.1 Å². The molecule has 138 valence electrons. The fourth-order valence-corrected chi connectivity index (χ4v) is 3.41. The van der Waals surface area contributed by atoms with Gasteiger partial charge in [0.15, 0.2) is 17.3 Å². The highest BCUT2D eigenvalue weighted by molar-refractivity contribution is 7.85. The highest BCUT2D eigenvalue weighted by Gasteiger charge is 2.20. The van der Waals surface area contributed by atoms with Crippen molar-refractivity contribution in [3.63, 3.8) is 0 Å². The highest BCUT2D eigenvalue weighted by Crippen LogP contribution is 2.37. The molecule has 2 aromatic carbocycles. The zero-order valence-corrected chi connectivity index (χ0v) is 14.5. The number of carbonyl (C=O) groups excluding carboxylic acids is 1. The average molecular weight is 385 g/mol. The zero-order valence-electron chi connectivity index (χ0n) is 13.7. The van der Waals surface area contributed by atoms with Gasteiger partial charge in [0, 0.05) is 5.56 Å². The van der Waals surface area contributed by atoms with E-state index < -0.39 is 32.3 Å². The standard InChI is InChI=1S/C19H14O7S/c20-14-7-5-11(9-16(14)22)19(12-6-8-15(21)17(23)10-12)13-3-1-2-4-18(13)27(24,25)26/h1-10,20,22-23H,(H,24,25,26)/p-1. The second kappa shape index (κ2) is 6.75. The van der Waals surface area contributed by atoms with Crippen molar-refractivity contribution in [1.29, 1.82) is 0 Å². The molecule has 0 amide bonds. The second-order valence-corrected chi connectivity index (χ2v) is 7.06. The molecule has 1 aliphatic rings. The van der Waals surface area contributed by atoms with Crippen LogP contribution in [-0.4, -0.2) is 34.1 Å². The molecule has 0 aliphatic heterocycles. The van der Waals surface area contributed by atoms with E-state index in [1.165, 1.54) is 42.5 Å². The van der Waals surface area contributed by atoms with Crippen molar-refractivity contribution in [2.75, 3.05) is 0 Å². The lowest BCUT2D eigenvalue weighted by Gasteiger charge is -2.19. The van der Waals surface area contributed by atoms with Crippen LogP contribution in [0.1, 0.15) is 11.1 Å². The maximum absolute atomic E-state index is 11.7. The molecular weight excluding hydrogens is 372 g/mol. The topological polar surface area (TPSA) is 135 Å². The van der Waals surface area contributed by atoms with Crippen LogP contribution in [0, 0.1) is 0 Å². The van der Waals surface area contributed by atoms with Crippen molar-refractivity contribution in [3.05, 3.63) is 83.2 Å². The normalized spacial score (nSPS) is 16.2. The van der Waals surface area contributed by atoms with E-state index in [-0.39, 0.29) is 28.0 Å². The number of hydrogen-bond donors (Lipinski definition) is 3. The number of aliphatic hydroxyl groups excluding tert-OH is 1. The smallest absolute Gasteiger partial charge is 0.220 e. The van der Waals surface area contributed by atoms with Crippen molar-refractivity contribution in [3.8, 4) is 11.5 Å². The van der Waals surface area contributed by atoms with Gasteiger partial charge in [-0.3, -0.25) is 4.79 Å². The monoisotopic (exact) mass is 385 g/mol. The Kier molecular flexibility index (Phi) is 4.61. The molecule has 3 rings (SSSR count). The molecule has 0 bridgehead atoms. The lowest BCUT2D eigenvalue weighted by Crippen LogP contribution is -2.07. The van der Waals surface area contributed by atoms with Crippen LogP contribution in [0.5, 0.6) is 11.5 Å². The van der Waals surface area contributed by atoms with Gasteiger partial charge in [-0.25, -0.2) is 8.42 Å². The number of aliphatic hydroxyl groups is 1. The van der Waals surface area contributed by atoms with Gasteiger partial charge < -0.3 is 19.9 Å². The summed E-state index contributed by atoms with van der Waals surface area (Å²) in [5.74, 6) is -2.04. The predicted octanol–water partition coefficient (Wildman–Crippen LogP) is 2.38. The van der Waals surface area contributed by atoms with Crippen molar-refractivity contribution >= 4 is 21.5 Å². The number of carbonyl (C=O) groups is 1. The lowest BCUT2D eigenvalue weighted by molar-refractivity contribution is -0.113. The Bertz CT molecular complexity index is 1140. The Morgan fingerprint density at radius 2 is 1.63 bits per heavy atom. The van der Waals surface area contributed by atoms with E-state index in [4.69, 9.17) is 0 Å². The Morgan fingerprint density at radius 3 is 2.26 bits per heavy atom. The first-order chi connectivity index (χ1) is 12.7. The minimum absolute atomic E-state index is 0.0237. The second-order valence-electron chi connectivity index (χ2n) is 5.71. The fraction of sp³-hybridized carbons (Fsp3) is 0. The maximum atomic E-state index is 11.7. The van der Waals surface area contributed by atoms with Gasteiger partial charge in [-0.2, -0.15) is 0 Å². The molecule has 0 fully saturated rings. The Hall–Kier alpha value is -3.36. The van der Waals surface area contributed by atoms with Crippen LogP contribution in [0.15, 0.2) is 76.9 Å². The van der Waals surface area contributed by atoms with Crippen LogP contribution >= 0.6 is 0 Å². The molecule has 8 heteroatoms. The summed E-state index contributed by atoms with van der Waals surface area (Å²) in [7, 11) is -4.84. The molecule has 1 aliphatic carbocycles. The van der Waals surface area contributed by atoms with E-state index >= 15 is 0 Å². The van der Waals surface area contributed by atoms with Crippen LogP contribution in [0.25, 0.3) is 5.57 Å². The first-order valence-electron chi connectivity index (χ1n) is 7.63. The van der Waals surface area contributed by atoms with Gasteiger partial charge in [-0.1, -0.05) is 30.3 Å². The molecule has 0 aromatic heterocycles. The number of aromatic hydroxyl groups is 2. The van der Waals surface area contributed by atoms with Crippen molar-refractivity contribution in [2.24, 2.45) is 0 Å². The van der Waals surface area contributed by atoms with Crippen LogP contribution < -0.4 is 0 Å². The molecule has 2 aromatic rings. The molecule has 0 spiro atoms. The minimum Gasteiger partial charge on any atom is -0.744 e. The number of benzene rings is 2. The number of phenolic OH excluding ortho intramolecular Hbond substituents is 2. The summed E-state index contributed by atoms with van der Waals surface area (Å²) >= 11 is 0. The summed E-state index contributed by atoms with van der Waals surface area (Å²) in [6.07, 6.45) is 3.59. The van der Waals surface area contributed by atoms with Gasteiger partial charge in [-0.15, -0.1) is 0 Å². The van der Waals surface area contributed by atoms with E-state index in [2.05, 4.69) is 0 Å². The number of allylic oxidation sites excluding steroid dienone is 4. The number of phenols is 2. The molecule has 0 radical (unpaired) electrons. The van der Waals surface area contributed by atoms with Crippen molar-refractivity contribution in [2.45, 2.75) is 4.90 Å². The van der Waals surface area contributed by atoms with E-state index in [0.717, 1.165) is 18.2 Å². The van der Waals surface area contributed by atoms with Gasteiger partial charge in [0.25, 0.3) is 0 Å². The summed E-state index contributed by atoms with van der Waals surface area (Å²) in [6.45, 7) is 0. The van der Waals surface area contributed by atoms with Gasteiger partial charge in [0.1, 0.15) is 10.1 Å². The Morgan fingerprint density at radius 1 is 0.926 bits per heavy atom. The van der Waals surface area contributed by atoms with Crippen LogP contribution in [0.2, 0.25) is 0 Å². The SMILES string of the molecule is O=C1C=CC(=C(c2ccc(O)c(O)c2)c2ccccc2S(=O)(=O)[O-])C=C1O. The molecule has 0 heterocycles. The summed E-state index contributed by atoms with van der Waals surface area (Å²) in [5, 5.41) is 29.1. The third kappa shape index (κ3) is 3.62. The molecular formula is C19H13O7S-. The summed E-state index contributed by atoms with van der Waals surface area (Å²) in [4.78, 5) is 11.0. The summed E-state index contributed by atoms with van der Waals surface area (Å²) in [5.41, 5.74) is 0.707. The minimum atomic E-state index is -4.84. The quantitative estimate of drug-likeness (QED) is 0.545. The summed E-state index contributed by atoms with van der Waals surface area (Å²) < 4.78 is 35.1. The third-order valence-electron chi connectivity index (χ3n) is 3.94. The van der Waals surface area contributed by atoms with E-state index in [9.17, 15) is 33.1 Å². The first kappa shape index (κ1) is 18.4. The number of ketones is 1. The largest absolute Gasteiger partial charge is 0.744 e. The molecule has 7 nitrogen and oxygen atoms in total. The van der Waals surface area contributed by atoms with Gasteiger partial charge >= 0.3 is 0 Å². The van der Waals surface area contributed by atoms with Gasteiger partial charge in [-0.05, 0) is 47.1 Å². The Balaban J connectivity index is 2.40. The molecule has 3 N–H and O–H groups in total. The van der Waals surface area contributed by atoms with Crippen LogP contribution in [-0.2, 0) is 14.9 Å². The first-order valence-corrected chi connectivity index (χ1v) is 9.04. The number of rotatable bonds is 3. The molecule has 0 saturated heterocycles. The van der Waals surface area contributed by atoms with Gasteiger partial charge in [0.05, 0.1) is 4.90 Å². The van der Waals surface area contributed by atoms with Crippen molar-refractivity contribution in [1.82, 2.24) is 0 Å². The molecule has 0 unspecified atom stereocenters.